The van der Waals surface area contributed by atoms with Crippen molar-refractivity contribution in [3.8, 4) is 5.75 Å². The van der Waals surface area contributed by atoms with Crippen molar-refractivity contribution in [1.82, 2.24) is 10.3 Å². The second kappa shape index (κ2) is 5.65. The van der Waals surface area contributed by atoms with E-state index in [1.807, 2.05) is 44.2 Å². The van der Waals surface area contributed by atoms with E-state index in [2.05, 4.69) is 10.3 Å². The summed E-state index contributed by atoms with van der Waals surface area (Å²) in [7, 11) is 0. The Morgan fingerprint density at radius 1 is 1.28 bits per heavy atom. The molecule has 2 N–H and O–H groups in total. The number of aryl methyl sites for hydroxylation is 1. The van der Waals surface area contributed by atoms with E-state index in [-0.39, 0.29) is 6.04 Å². The second-order valence-corrected chi connectivity index (χ2v) is 4.49. The van der Waals surface area contributed by atoms with Crippen LogP contribution in [0.5, 0.6) is 5.75 Å². The molecule has 2 aromatic rings. The molecule has 0 bridgehead atoms. The molecule has 1 heterocycles. The highest BCUT2D eigenvalue weighted by molar-refractivity contribution is 5.37. The van der Waals surface area contributed by atoms with Crippen molar-refractivity contribution in [1.29, 1.82) is 0 Å². The number of aromatic hydroxyl groups is 1. The third-order valence-electron chi connectivity index (χ3n) is 2.97. The number of phenolic OH excluding ortho intramolecular Hbond substituents is 1. The van der Waals surface area contributed by atoms with Crippen molar-refractivity contribution < 1.29 is 5.11 Å². The minimum absolute atomic E-state index is 0.0904. The van der Waals surface area contributed by atoms with Crippen LogP contribution in [0.4, 0.5) is 0 Å². The highest BCUT2D eigenvalue weighted by atomic mass is 16.3. The number of phenols is 1. The Morgan fingerprint density at radius 2 is 2.11 bits per heavy atom. The zero-order valence-electron chi connectivity index (χ0n) is 10.7. The fraction of sp³-hybridized carbons (Fsp3) is 0.267. The first-order chi connectivity index (χ1) is 8.66. The lowest BCUT2D eigenvalue weighted by atomic mass is 10.1. The minimum Gasteiger partial charge on any atom is -0.508 e. The molecule has 3 heteroatoms. The Balaban J connectivity index is 2.01. The molecule has 0 saturated carbocycles. The van der Waals surface area contributed by atoms with E-state index in [0.29, 0.717) is 12.3 Å². The van der Waals surface area contributed by atoms with Crippen molar-refractivity contribution in [2.75, 3.05) is 0 Å². The molecule has 0 aliphatic rings. The highest BCUT2D eigenvalue weighted by Gasteiger charge is 2.09. The van der Waals surface area contributed by atoms with Crippen LogP contribution in [0.3, 0.4) is 0 Å². The SMILES string of the molecule is Cc1ccc(C(C)NCc2ccccn2)c(O)c1. The predicted molar refractivity (Wildman–Crippen MR) is 72.3 cm³/mol. The molecular formula is C15H18N2O. The van der Waals surface area contributed by atoms with Gasteiger partial charge in [-0.1, -0.05) is 18.2 Å². The van der Waals surface area contributed by atoms with E-state index in [9.17, 15) is 5.11 Å². The summed E-state index contributed by atoms with van der Waals surface area (Å²) in [6.07, 6.45) is 1.78. The lowest BCUT2D eigenvalue weighted by Crippen LogP contribution is -2.18. The standard InChI is InChI=1S/C15H18N2O/c1-11-6-7-14(15(18)9-11)12(2)17-10-13-5-3-4-8-16-13/h3-9,12,17-18H,10H2,1-2H3. The number of benzene rings is 1. The van der Waals surface area contributed by atoms with Crippen molar-refractivity contribution in [2.24, 2.45) is 0 Å². The van der Waals surface area contributed by atoms with Crippen molar-refractivity contribution in [3.05, 3.63) is 59.4 Å². The first-order valence-electron chi connectivity index (χ1n) is 6.09. The van der Waals surface area contributed by atoms with Gasteiger partial charge in [0.15, 0.2) is 0 Å². The smallest absolute Gasteiger partial charge is 0.120 e. The van der Waals surface area contributed by atoms with Gasteiger partial charge in [-0.25, -0.2) is 0 Å². The quantitative estimate of drug-likeness (QED) is 0.866. The molecule has 18 heavy (non-hydrogen) atoms. The number of nitrogens with one attached hydrogen (secondary N) is 1. The third-order valence-corrected chi connectivity index (χ3v) is 2.97. The minimum atomic E-state index is 0.0904. The summed E-state index contributed by atoms with van der Waals surface area (Å²) in [5, 5.41) is 13.3. The van der Waals surface area contributed by atoms with E-state index >= 15 is 0 Å². The molecular weight excluding hydrogens is 224 g/mol. The summed E-state index contributed by atoms with van der Waals surface area (Å²) in [4.78, 5) is 4.26. The van der Waals surface area contributed by atoms with Crippen LogP contribution in [0.15, 0.2) is 42.6 Å². The topological polar surface area (TPSA) is 45.2 Å². The maximum Gasteiger partial charge on any atom is 0.120 e. The summed E-state index contributed by atoms with van der Waals surface area (Å²) in [6, 6.07) is 11.7. The Bertz CT molecular complexity index is 511. The van der Waals surface area contributed by atoms with Gasteiger partial charge in [0.1, 0.15) is 5.75 Å². The van der Waals surface area contributed by atoms with Gasteiger partial charge in [0, 0.05) is 24.3 Å². The molecule has 0 fully saturated rings. The molecule has 3 nitrogen and oxygen atoms in total. The first kappa shape index (κ1) is 12.6. The molecule has 0 aliphatic carbocycles. The average molecular weight is 242 g/mol. The molecule has 1 atom stereocenters. The Hall–Kier alpha value is -1.87. The Morgan fingerprint density at radius 3 is 2.78 bits per heavy atom. The maximum absolute atomic E-state index is 9.90. The van der Waals surface area contributed by atoms with Crippen LogP contribution < -0.4 is 5.32 Å². The normalized spacial score (nSPS) is 12.3. The van der Waals surface area contributed by atoms with Crippen molar-refractivity contribution in [2.45, 2.75) is 26.4 Å². The third kappa shape index (κ3) is 3.08. The maximum atomic E-state index is 9.90. The van der Waals surface area contributed by atoms with Crippen LogP contribution in [0, 0.1) is 6.92 Å². The first-order valence-corrected chi connectivity index (χ1v) is 6.09. The van der Waals surface area contributed by atoms with Gasteiger partial charge in [0.25, 0.3) is 0 Å². The zero-order chi connectivity index (χ0) is 13.0. The van der Waals surface area contributed by atoms with Gasteiger partial charge in [-0.3, -0.25) is 4.98 Å². The van der Waals surface area contributed by atoms with E-state index in [1.54, 1.807) is 12.3 Å². The lowest BCUT2D eigenvalue weighted by Gasteiger charge is -2.15. The fourth-order valence-corrected chi connectivity index (χ4v) is 1.89. The van der Waals surface area contributed by atoms with Gasteiger partial charge in [-0.15, -0.1) is 0 Å². The van der Waals surface area contributed by atoms with Crippen LogP contribution in [0.2, 0.25) is 0 Å². The van der Waals surface area contributed by atoms with Gasteiger partial charge < -0.3 is 10.4 Å². The predicted octanol–water partition coefficient (Wildman–Crippen LogP) is 2.95. The molecule has 1 aromatic heterocycles. The van der Waals surface area contributed by atoms with E-state index in [1.165, 1.54) is 0 Å². The molecule has 0 saturated heterocycles. The Kier molecular flexibility index (Phi) is 3.95. The monoisotopic (exact) mass is 242 g/mol. The summed E-state index contributed by atoms with van der Waals surface area (Å²) in [5.41, 5.74) is 2.97. The molecule has 2 rings (SSSR count). The van der Waals surface area contributed by atoms with E-state index < -0.39 is 0 Å². The van der Waals surface area contributed by atoms with Crippen LogP contribution >= 0.6 is 0 Å². The van der Waals surface area contributed by atoms with Gasteiger partial charge in [0.05, 0.1) is 5.69 Å². The second-order valence-electron chi connectivity index (χ2n) is 4.49. The zero-order valence-corrected chi connectivity index (χ0v) is 10.7. The Labute approximate surface area is 108 Å². The number of hydrogen-bond donors (Lipinski definition) is 2. The van der Waals surface area contributed by atoms with Gasteiger partial charge in [-0.2, -0.15) is 0 Å². The van der Waals surface area contributed by atoms with Crippen molar-refractivity contribution in [3.63, 3.8) is 0 Å². The molecule has 0 aliphatic heterocycles. The highest BCUT2D eigenvalue weighted by Crippen LogP contribution is 2.24. The summed E-state index contributed by atoms with van der Waals surface area (Å²) < 4.78 is 0. The van der Waals surface area contributed by atoms with Gasteiger partial charge >= 0.3 is 0 Å². The van der Waals surface area contributed by atoms with Crippen molar-refractivity contribution >= 4 is 0 Å². The number of hydrogen-bond acceptors (Lipinski definition) is 3. The summed E-state index contributed by atoms with van der Waals surface area (Å²) >= 11 is 0. The van der Waals surface area contributed by atoms with Crippen LogP contribution in [0.1, 0.15) is 29.8 Å². The number of aromatic nitrogens is 1. The summed E-state index contributed by atoms with van der Waals surface area (Å²) in [6.45, 7) is 4.69. The van der Waals surface area contributed by atoms with E-state index in [4.69, 9.17) is 0 Å². The molecule has 0 amide bonds. The lowest BCUT2D eigenvalue weighted by molar-refractivity contribution is 0.451. The summed E-state index contributed by atoms with van der Waals surface area (Å²) in [5.74, 6) is 0.344. The average Bonchev–Trinajstić information content (AvgIpc) is 2.37. The number of pyridine rings is 1. The van der Waals surface area contributed by atoms with Crippen LogP contribution in [-0.4, -0.2) is 10.1 Å². The van der Waals surface area contributed by atoms with E-state index in [0.717, 1.165) is 16.8 Å². The fourth-order valence-electron chi connectivity index (χ4n) is 1.89. The molecule has 0 spiro atoms. The molecule has 94 valence electrons. The number of nitrogens with zero attached hydrogens (tertiary/aromatic N) is 1. The molecule has 1 aromatic carbocycles. The molecule has 1 unspecified atom stereocenters. The molecule has 0 radical (unpaired) electrons. The van der Waals surface area contributed by atoms with Crippen LogP contribution in [-0.2, 0) is 6.54 Å². The largest absolute Gasteiger partial charge is 0.508 e. The number of rotatable bonds is 4. The van der Waals surface area contributed by atoms with Gasteiger partial charge in [-0.05, 0) is 37.6 Å². The van der Waals surface area contributed by atoms with Gasteiger partial charge in [0.2, 0.25) is 0 Å². The van der Waals surface area contributed by atoms with Crippen LogP contribution in [0.25, 0.3) is 0 Å².